The van der Waals surface area contributed by atoms with E-state index in [1.54, 1.807) is 49.4 Å². The summed E-state index contributed by atoms with van der Waals surface area (Å²) in [6.07, 6.45) is 0. The van der Waals surface area contributed by atoms with Crippen LogP contribution in [0.4, 0.5) is 5.69 Å². The first-order valence-electron chi connectivity index (χ1n) is 7.21. The third-order valence-electron chi connectivity index (χ3n) is 3.20. The van der Waals surface area contributed by atoms with E-state index in [1.807, 2.05) is 0 Å². The average molecular weight is 345 g/mol. The summed E-state index contributed by atoms with van der Waals surface area (Å²) in [6, 6.07) is 11.5. The quantitative estimate of drug-likeness (QED) is 0.726. The predicted molar refractivity (Wildman–Crippen MR) is 89.4 cm³/mol. The summed E-state index contributed by atoms with van der Waals surface area (Å²) < 4.78 is 10.2. The Morgan fingerprint density at radius 1 is 1.21 bits per heavy atom. The molecule has 0 saturated carbocycles. The molecule has 0 unspecified atom stereocenters. The highest BCUT2D eigenvalue weighted by Gasteiger charge is 2.16. The number of nitrogens with one attached hydrogen (secondary N) is 1. The van der Waals surface area contributed by atoms with E-state index in [0.717, 1.165) is 0 Å². The van der Waals surface area contributed by atoms with Gasteiger partial charge >= 0.3 is 11.9 Å². The topological polar surface area (TPSA) is 81.4 Å². The number of aromatic nitrogens is 1. The number of esters is 1. The molecule has 3 rings (SSSR count). The van der Waals surface area contributed by atoms with Crippen molar-refractivity contribution in [1.82, 2.24) is 4.98 Å². The molecule has 1 aromatic heterocycles. The SMILES string of the molecule is CCOC(=O)c1nc2ccc(NC(=O)c3ccc(Cl)cc3)cc2o1. The van der Waals surface area contributed by atoms with Gasteiger partial charge in [0.15, 0.2) is 5.58 Å². The van der Waals surface area contributed by atoms with Gasteiger partial charge in [0.2, 0.25) is 0 Å². The molecule has 7 heteroatoms. The Hall–Kier alpha value is -2.86. The van der Waals surface area contributed by atoms with Gasteiger partial charge in [-0.15, -0.1) is 0 Å². The van der Waals surface area contributed by atoms with E-state index in [9.17, 15) is 9.59 Å². The highest BCUT2D eigenvalue weighted by atomic mass is 35.5. The van der Waals surface area contributed by atoms with Gasteiger partial charge in [0, 0.05) is 22.3 Å². The van der Waals surface area contributed by atoms with Crippen LogP contribution < -0.4 is 5.32 Å². The fraction of sp³-hybridized carbons (Fsp3) is 0.118. The third kappa shape index (κ3) is 3.38. The maximum Gasteiger partial charge on any atom is 0.394 e. The summed E-state index contributed by atoms with van der Waals surface area (Å²) in [6.45, 7) is 1.94. The van der Waals surface area contributed by atoms with Crippen LogP contribution in [0.5, 0.6) is 0 Å². The first-order valence-corrected chi connectivity index (χ1v) is 7.59. The molecule has 0 radical (unpaired) electrons. The van der Waals surface area contributed by atoms with Crippen LogP contribution in [-0.2, 0) is 4.74 Å². The molecule has 24 heavy (non-hydrogen) atoms. The Morgan fingerprint density at radius 3 is 2.67 bits per heavy atom. The van der Waals surface area contributed by atoms with E-state index in [4.69, 9.17) is 20.8 Å². The van der Waals surface area contributed by atoms with Gasteiger partial charge in [-0.05, 0) is 43.3 Å². The molecule has 3 aromatic rings. The Kier molecular flexibility index (Phi) is 4.48. The lowest BCUT2D eigenvalue weighted by Crippen LogP contribution is -2.11. The van der Waals surface area contributed by atoms with Crippen molar-refractivity contribution in [1.29, 1.82) is 0 Å². The number of nitrogens with zero attached hydrogens (tertiary/aromatic N) is 1. The number of ether oxygens (including phenoxy) is 1. The predicted octanol–water partition coefficient (Wildman–Crippen LogP) is 3.91. The second-order valence-electron chi connectivity index (χ2n) is 4.88. The highest BCUT2D eigenvalue weighted by molar-refractivity contribution is 6.30. The zero-order valence-corrected chi connectivity index (χ0v) is 13.5. The molecule has 6 nitrogen and oxygen atoms in total. The van der Waals surface area contributed by atoms with Gasteiger partial charge in [0.1, 0.15) is 5.52 Å². The molecular formula is C17H13ClN2O4. The molecule has 122 valence electrons. The number of hydrogen-bond acceptors (Lipinski definition) is 5. The molecule has 2 aromatic carbocycles. The zero-order valence-electron chi connectivity index (χ0n) is 12.7. The summed E-state index contributed by atoms with van der Waals surface area (Å²) in [7, 11) is 0. The molecule has 0 aliphatic rings. The van der Waals surface area contributed by atoms with Gasteiger partial charge < -0.3 is 14.5 Å². The minimum Gasteiger partial charge on any atom is -0.459 e. The molecular weight excluding hydrogens is 332 g/mol. The normalized spacial score (nSPS) is 10.6. The largest absolute Gasteiger partial charge is 0.459 e. The van der Waals surface area contributed by atoms with E-state index in [2.05, 4.69) is 10.3 Å². The maximum absolute atomic E-state index is 12.2. The van der Waals surface area contributed by atoms with Crippen LogP contribution in [0.3, 0.4) is 0 Å². The number of oxazole rings is 1. The van der Waals surface area contributed by atoms with Gasteiger partial charge in [0.05, 0.1) is 6.61 Å². The van der Waals surface area contributed by atoms with Crippen molar-refractivity contribution in [2.45, 2.75) is 6.92 Å². The minimum atomic E-state index is -0.625. The first-order chi connectivity index (χ1) is 11.6. The Bertz CT molecular complexity index is 903. The molecule has 0 saturated heterocycles. The van der Waals surface area contributed by atoms with Crippen molar-refractivity contribution < 1.29 is 18.7 Å². The van der Waals surface area contributed by atoms with Crippen molar-refractivity contribution in [3.05, 3.63) is 58.9 Å². The molecule has 0 aliphatic carbocycles. The number of benzene rings is 2. The van der Waals surface area contributed by atoms with Crippen LogP contribution in [0.15, 0.2) is 46.9 Å². The molecule has 1 amide bonds. The standard InChI is InChI=1S/C17H13ClN2O4/c1-2-23-17(22)16-20-13-8-7-12(9-14(13)24-16)19-15(21)10-3-5-11(18)6-4-10/h3-9H,2H2,1H3,(H,19,21). The van der Waals surface area contributed by atoms with Gasteiger partial charge in [0.25, 0.3) is 5.91 Å². The second kappa shape index (κ2) is 6.72. The van der Waals surface area contributed by atoms with Crippen LogP contribution in [0, 0.1) is 0 Å². The summed E-state index contributed by atoms with van der Waals surface area (Å²) >= 11 is 5.80. The van der Waals surface area contributed by atoms with Gasteiger partial charge in [-0.3, -0.25) is 4.79 Å². The van der Waals surface area contributed by atoms with Crippen LogP contribution in [-0.4, -0.2) is 23.5 Å². The van der Waals surface area contributed by atoms with Crippen LogP contribution in [0.1, 0.15) is 28.0 Å². The summed E-state index contributed by atoms with van der Waals surface area (Å²) in [5.74, 6) is -1.02. The second-order valence-corrected chi connectivity index (χ2v) is 5.32. The summed E-state index contributed by atoms with van der Waals surface area (Å²) in [5.41, 5.74) is 1.88. The number of halogens is 1. The molecule has 0 atom stereocenters. The molecule has 0 aliphatic heterocycles. The Balaban J connectivity index is 1.81. The van der Waals surface area contributed by atoms with Crippen LogP contribution in [0.25, 0.3) is 11.1 Å². The molecule has 0 bridgehead atoms. The average Bonchev–Trinajstić information content (AvgIpc) is 2.99. The van der Waals surface area contributed by atoms with E-state index in [0.29, 0.717) is 27.4 Å². The summed E-state index contributed by atoms with van der Waals surface area (Å²) in [5, 5.41) is 3.30. The molecule has 0 fully saturated rings. The number of fused-ring (bicyclic) bond motifs is 1. The van der Waals surface area contributed by atoms with Gasteiger partial charge in [-0.1, -0.05) is 11.6 Å². The zero-order chi connectivity index (χ0) is 17.1. The lowest BCUT2D eigenvalue weighted by Gasteiger charge is -2.04. The fourth-order valence-corrected chi connectivity index (χ4v) is 2.21. The van der Waals surface area contributed by atoms with Gasteiger partial charge in [-0.25, -0.2) is 9.78 Å². The molecule has 1 heterocycles. The number of anilines is 1. The first kappa shape index (κ1) is 16.0. The Morgan fingerprint density at radius 2 is 1.96 bits per heavy atom. The van der Waals surface area contributed by atoms with Crippen molar-refractivity contribution in [3.63, 3.8) is 0 Å². The number of carbonyl (C=O) groups excluding carboxylic acids is 2. The Labute approximate surface area is 142 Å². The molecule has 0 spiro atoms. The van der Waals surface area contributed by atoms with Crippen molar-refractivity contribution >= 4 is 40.3 Å². The number of hydrogen-bond donors (Lipinski definition) is 1. The van der Waals surface area contributed by atoms with E-state index in [1.165, 1.54) is 0 Å². The smallest absolute Gasteiger partial charge is 0.394 e. The number of rotatable bonds is 4. The van der Waals surface area contributed by atoms with E-state index in [-0.39, 0.29) is 18.4 Å². The third-order valence-corrected chi connectivity index (χ3v) is 3.45. The minimum absolute atomic E-state index is 0.118. The summed E-state index contributed by atoms with van der Waals surface area (Å²) in [4.78, 5) is 27.9. The molecule has 1 N–H and O–H groups in total. The van der Waals surface area contributed by atoms with Crippen molar-refractivity contribution in [2.24, 2.45) is 0 Å². The van der Waals surface area contributed by atoms with Gasteiger partial charge in [-0.2, -0.15) is 0 Å². The fourth-order valence-electron chi connectivity index (χ4n) is 2.09. The monoisotopic (exact) mass is 344 g/mol. The van der Waals surface area contributed by atoms with Crippen molar-refractivity contribution in [3.8, 4) is 0 Å². The lowest BCUT2D eigenvalue weighted by atomic mass is 10.2. The number of carbonyl (C=O) groups is 2. The lowest BCUT2D eigenvalue weighted by molar-refractivity contribution is 0.0483. The number of amides is 1. The van der Waals surface area contributed by atoms with Crippen LogP contribution in [0.2, 0.25) is 5.02 Å². The maximum atomic E-state index is 12.2. The van der Waals surface area contributed by atoms with Crippen molar-refractivity contribution in [2.75, 3.05) is 11.9 Å². The van der Waals surface area contributed by atoms with E-state index >= 15 is 0 Å². The van der Waals surface area contributed by atoms with Crippen LogP contribution >= 0.6 is 11.6 Å². The highest BCUT2D eigenvalue weighted by Crippen LogP contribution is 2.21. The van der Waals surface area contributed by atoms with E-state index < -0.39 is 5.97 Å².